The van der Waals surface area contributed by atoms with E-state index in [9.17, 15) is 0 Å². The Labute approximate surface area is 55.2 Å². The molecule has 0 heterocycles. The maximum Gasteiger partial charge on any atom is 0.402 e. The summed E-state index contributed by atoms with van der Waals surface area (Å²) in [4.78, 5) is 8.78. The lowest BCUT2D eigenvalue weighted by Gasteiger charge is -1.74. The molecular weight excluding hydrogens is 118 g/mol. The Hall–Kier alpha value is -0.990. The average Bonchev–Trinajstić information content (AvgIpc) is 1.65. The normalized spacial score (nSPS) is 6.56. The van der Waals surface area contributed by atoms with Gasteiger partial charge < -0.3 is 10.8 Å². The molecule has 0 aromatic carbocycles. The standard InChI is InChI=1S/C5H10.CH3NO2/c1-4-5(2)3;2-1(3)4/h4H,1-3H3;2H2,(H,3,4). The van der Waals surface area contributed by atoms with E-state index >= 15 is 0 Å². The van der Waals surface area contributed by atoms with Crippen molar-refractivity contribution >= 4 is 6.09 Å². The molecule has 0 radical (unpaired) electrons. The van der Waals surface area contributed by atoms with Crippen LogP contribution in [-0.4, -0.2) is 11.2 Å². The van der Waals surface area contributed by atoms with Crippen LogP contribution in [0, 0.1) is 0 Å². The summed E-state index contributed by atoms with van der Waals surface area (Å²) in [6.07, 6.45) is 0.750. The minimum Gasteiger partial charge on any atom is -0.465 e. The number of nitrogens with two attached hydrogens (primary N) is 1. The molecule has 0 aromatic heterocycles. The van der Waals surface area contributed by atoms with E-state index in [0.29, 0.717) is 0 Å². The maximum atomic E-state index is 8.78. The van der Waals surface area contributed by atoms with Gasteiger partial charge in [-0.05, 0) is 20.8 Å². The predicted molar refractivity (Wildman–Crippen MR) is 37.3 cm³/mol. The molecule has 0 unspecified atom stereocenters. The first-order valence-corrected chi connectivity index (χ1v) is 2.58. The van der Waals surface area contributed by atoms with Crippen molar-refractivity contribution in [1.29, 1.82) is 0 Å². The van der Waals surface area contributed by atoms with E-state index in [2.05, 4.69) is 25.7 Å². The van der Waals surface area contributed by atoms with Gasteiger partial charge in [-0.15, -0.1) is 0 Å². The third-order valence-electron chi connectivity index (χ3n) is 0.577. The molecule has 0 aliphatic rings. The van der Waals surface area contributed by atoms with Crippen LogP contribution in [0.2, 0.25) is 0 Å². The van der Waals surface area contributed by atoms with Gasteiger partial charge in [-0.1, -0.05) is 11.6 Å². The molecule has 1 amide bonds. The van der Waals surface area contributed by atoms with Crippen molar-refractivity contribution < 1.29 is 9.90 Å². The van der Waals surface area contributed by atoms with Crippen LogP contribution in [0.25, 0.3) is 0 Å². The molecule has 0 fully saturated rings. The van der Waals surface area contributed by atoms with Crippen molar-refractivity contribution in [1.82, 2.24) is 0 Å². The Morgan fingerprint density at radius 1 is 1.56 bits per heavy atom. The number of hydrogen-bond donors (Lipinski definition) is 2. The van der Waals surface area contributed by atoms with Crippen LogP contribution in [0.15, 0.2) is 11.6 Å². The van der Waals surface area contributed by atoms with E-state index in [0.717, 1.165) is 0 Å². The zero-order valence-corrected chi connectivity index (χ0v) is 6.01. The van der Waals surface area contributed by atoms with Gasteiger partial charge in [-0.3, -0.25) is 0 Å². The second-order valence-electron chi connectivity index (χ2n) is 1.70. The van der Waals surface area contributed by atoms with Crippen molar-refractivity contribution in [2.24, 2.45) is 5.73 Å². The maximum absolute atomic E-state index is 8.78. The van der Waals surface area contributed by atoms with E-state index in [1.165, 1.54) is 5.57 Å². The third kappa shape index (κ3) is 172. The van der Waals surface area contributed by atoms with Gasteiger partial charge in [-0.25, -0.2) is 4.79 Å². The highest BCUT2D eigenvalue weighted by molar-refractivity contribution is 5.61. The van der Waals surface area contributed by atoms with Crippen molar-refractivity contribution in [3.8, 4) is 0 Å². The molecule has 54 valence electrons. The van der Waals surface area contributed by atoms with Gasteiger partial charge in [-0.2, -0.15) is 0 Å². The molecule has 0 atom stereocenters. The molecule has 0 rings (SSSR count). The highest BCUT2D eigenvalue weighted by atomic mass is 16.4. The fourth-order valence-electron chi connectivity index (χ4n) is 0. The fourth-order valence-corrected chi connectivity index (χ4v) is 0. The van der Waals surface area contributed by atoms with E-state index in [1.54, 1.807) is 0 Å². The van der Waals surface area contributed by atoms with Crippen LogP contribution >= 0.6 is 0 Å². The predicted octanol–water partition coefficient (Wildman–Crippen LogP) is 1.60. The quantitative estimate of drug-likeness (QED) is 0.490. The third-order valence-corrected chi connectivity index (χ3v) is 0.577. The molecule has 3 heteroatoms. The highest BCUT2D eigenvalue weighted by Gasteiger charge is 1.65. The number of amides is 1. The van der Waals surface area contributed by atoms with Crippen molar-refractivity contribution in [3.63, 3.8) is 0 Å². The minimum atomic E-state index is -1.33. The molecular formula is C6H13NO2. The summed E-state index contributed by atoms with van der Waals surface area (Å²) in [6.45, 7) is 6.20. The van der Waals surface area contributed by atoms with Gasteiger partial charge >= 0.3 is 6.09 Å². The molecule has 0 aliphatic heterocycles. The number of primary amides is 1. The lowest BCUT2D eigenvalue weighted by Crippen LogP contribution is -2.03. The summed E-state index contributed by atoms with van der Waals surface area (Å²) in [5, 5.41) is 7.19. The molecule has 0 saturated carbocycles. The molecule has 0 saturated heterocycles. The number of carbonyl (C=O) groups is 1. The summed E-state index contributed by atoms with van der Waals surface area (Å²) < 4.78 is 0. The molecule has 0 bridgehead atoms. The Balaban J connectivity index is 0. The Bertz CT molecular complexity index is 99.6. The first-order chi connectivity index (χ1) is 4.00. The largest absolute Gasteiger partial charge is 0.465 e. The van der Waals surface area contributed by atoms with Crippen LogP contribution < -0.4 is 5.73 Å². The molecule has 3 nitrogen and oxygen atoms in total. The first kappa shape index (κ1) is 10.9. The van der Waals surface area contributed by atoms with Crippen molar-refractivity contribution in [2.75, 3.05) is 0 Å². The minimum absolute atomic E-state index is 1.33. The lowest BCUT2D eigenvalue weighted by molar-refractivity contribution is 0.205. The van der Waals surface area contributed by atoms with Gasteiger partial charge in [0.25, 0.3) is 0 Å². The zero-order chi connectivity index (χ0) is 7.86. The van der Waals surface area contributed by atoms with Crippen LogP contribution in [0.4, 0.5) is 4.79 Å². The molecule has 0 spiro atoms. The summed E-state index contributed by atoms with van der Waals surface area (Å²) in [6, 6.07) is 0. The van der Waals surface area contributed by atoms with Gasteiger partial charge in [0.1, 0.15) is 0 Å². The molecule has 9 heavy (non-hydrogen) atoms. The van der Waals surface area contributed by atoms with Crippen LogP contribution in [-0.2, 0) is 0 Å². The molecule has 0 aromatic rings. The van der Waals surface area contributed by atoms with Crippen LogP contribution in [0.3, 0.4) is 0 Å². The lowest BCUT2D eigenvalue weighted by atomic mass is 10.3. The summed E-state index contributed by atoms with van der Waals surface area (Å²) in [5.41, 5.74) is 5.41. The number of carboxylic acid groups (broad SMARTS) is 1. The van der Waals surface area contributed by atoms with E-state index in [1.807, 2.05) is 6.92 Å². The van der Waals surface area contributed by atoms with Gasteiger partial charge in [0.15, 0.2) is 0 Å². The first-order valence-electron chi connectivity index (χ1n) is 2.58. The van der Waals surface area contributed by atoms with E-state index < -0.39 is 6.09 Å². The zero-order valence-electron chi connectivity index (χ0n) is 6.01. The smallest absolute Gasteiger partial charge is 0.402 e. The second-order valence-corrected chi connectivity index (χ2v) is 1.70. The molecule has 0 aliphatic carbocycles. The Morgan fingerprint density at radius 2 is 1.67 bits per heavy atom. The highest BCUT2D eigenvalue weighted by Crippen LogP contribution is 1.82. The van der Waals surface area contributed by atoms with Crippen molar-refractivity contribution in [3.05, 3.63) is 11.6 Å². The van der Waals surface area contributed by atoms with E-state index in [4.69, 9.17) is 9.90 Å². The summed E-state index contributed by atoms with van der Waals surface area (Å²) in [5.74, 6) is 0. The number of rotatable bonds is 0. The van der Waals surface area contributed by atoms with Gasteiger partial charge in [0, 0.05) is 0 Å². The second kappa shape index (κ2) is 7.01. The van der Waals surface area contributed by atoms with Crippen molar-refractivity contribution in [2.45, 2.75) is 20.8 Å². The van der Waals surface area contributed by atoms with Gasteiger partial charge in [0.05, 0.1) is 0 Å². The Morgan fingerprint density at radius 3 is 1.67 bits per heavy atom. The van der Waals surface area contributed by atoms with Crippen LogP contribution in [0.1, 0.15) is 20.8 Å². The van der Waals surface area contributed by atoms with E-state index in [-0.39, 0.29) is 0 Å². The van der Waals surface area contributed by atoms with Crippen LogP contribution in [0.5, 0.6) is 0 Å². The monoisotopic (exact) mass is 131 g/mol. The molecule has 3 N–H and O–H groups in total. The Kier molecular flexibility index (Phi) is 8.49. The SMILES string of the molecule is CC=C(C)C.NC(=O)O. The summed E-state index contributed by atoms with van der Waals surface area (Å²) >= 11 is 0. The topological polar surface area (TPSA) is 63.3 Å². The van der Waals surface area contributed by atoms with Gasteiger partial charge in [0.2, 0.25) is 0 Å². The number of allylic oxidation sites excluding steroid dienone is 2. The summed E-state index contributed by atoms with van der Waals surface area (Å²) in [7, 11) is 0. The number of hydrogen-bond acceptors (Lipinski definition) is 1. The fraction of sp³-hybridized carbons (Fsp3) is 0.500. The average molecular weight is 131 g/mol.